The summed E-state index contributed by atoms with van der Waals surface area (Å²) in [5.74, 6) is -2.59. The summed E-state index contributed by atoms with van der Waals surface area (Å²) in [5.41, 5.74) is 0.710. The Kier molecular flexibility index (Phi) is 5.53. The van der Waals surface area contributed by atoms with E-state index in [9.17, 15) is 22.8 Å². The van der Waals surface area contributed by atoms with Crippen molar-refractivity contribution in [2.45, 2.75) is 32.6 Å². The fraction of sp³-hybridized carbons (Fsp3) is 0.263. The Hall–Kier alpha value is -3.43. The van der Waals surface area contributed by atoms with Crippen LogP contribution in [-0.2, 0) is 12.7 Å². The highest BCUT2D eigenvalue weighted by Crippen LogP contribution is 2.27. The first-order valence-corrected chi connectivity index (χ1v) is 8.63. The number of amides is 1. The van der Waals surface area contributed by atoms with Gasteiger partial charge in [-0.05, 0) is 31.0 Å². The van der Waals surface area contributed by atoms with Crippen LogP contribution in [0.25, 0.3) is 0 Å². The van der Waals surface area contributed by atoms with Crippen LogP contribution in [0.3, 0.4) is 0 Å². The summed E-state index contributed by atoms with van der Waals surface area (Å²) in [5, 5.41) is 5.54. The molecule has 2 heterocycles. The zero-order chi connectivity index (χ0) is 21.2. The van der Waals surface area contributed by atoms with Gasteiger partial charge in [0.1, 0.15) is 5.56 Å². The minimum absolute atomic E-state index is 0.102. The number of carbonyl (C=O) groups excluding carboxylic acids is 1. The Bertz CT molecular complexity index is 1070. The maximum absolute atomic E-state index is 12.9. The lowest BCUT2D eigenvalue weighted by Gasteiger charge is -2.17. The van der Waals surface area contributed by atoms with Gasteiger partial charge in [-0.15, -0.1) is 0 Å². The molecule has 10 heteroatoms. The number of aryl methyl sites for hydroxylation is 1. The van der Waals surface area contributed by atoms with Crippen LogP contribution in [0.15, 0.2) is 51.9 Å². The Balaban J connectivity index is 1.82. The Labute approximate surface area is 163 Å². The van der Waals surface area contributed by atoms with Crippen LogP contribution < -0.4 is 10.9 Å². The molecule has 2 aromatic heterocycles. The SMILES string of the molecule is Cc1ccn(C(C)c2ccccc2)c(=O)c1C(=O)NCc1noc(C(F)(F)F)n1. The van der Waals surface area contributed by atoms with E-state index in [1.54, 1.807) is 19.2 Å². The van der Waals surface area contributed by atoms with Gasteiger partial charge in [0.2, 0.25) is 0 Å². The predicted molar refractivity (Wildman–Crippen MR) is 96.2 cm³/mol. The molecule has 0 spiro atoms. The minimum Gasteiger partial charge on any atom is -0.344 e. The van der Waals surface area contributed by atoms with Crippen LogP contribution in [0.4, 0.5) is 13.2 Å². The first kappa shape index (κ1) is 20.3. The number of aromatic nitrogens is 3. The maximum atomic E-state index is 12.9. The van der Waals surface area contributed by atoms with Crippen molar-refractivity contribution in [2.24, 2.45) is 0 Å². The van der Waals surface area contributed by atoms with Crippen molar-refractivity contribution < 1.29 is 22.5 Å². The predicted octanol–water partition coefficient (Wildman–Crippen LogP) is 3.10. The van der Waals surface area contributed by atoms with Crippen molar-refractivity contribution in [3.63, 3.8) is 0 Å². The van der Waals surface area contributed by atoms with Gasteiger partial charge in [0.25, 0.3) is 11.5 Å². The van der Waals surface area contributed by atoms with Gasteiger partial charge in [-0.1, -0.05) is 35.5 Å². The maximum Gasteiger partial charge on any atom is 0.471 e. The number of hydrogen-bond acceptors (Lipinski definition) is 5. The fourth-order valence-electron chi connectivity index (χ4n) is 2.80. The third-order valence-corrected chi connectivity index (χ3v) is 4.37. The summed E-state index contributed by atoms with van der Waals surface area (Å²) in [4.78, 5) is 28.6. The molecule has 3 aromatic rings. The molecule has 0 saturated heterocycles. The molecule has 0 aliphatic carbocycles. The number of hydrogen-bond donors (Lipinski definition) is 1. The van der Waals surface area contributed by atoms with Gasteiger partial charge in [-0.2, -0.15) is 18.2 Å². The molecular weight excluding hydrogens is 389 g/mol. The third kappa shape index (κ3) is 4.36. The minimum atomic E-state index is -4.77. The third-order valence-electron chi connectivity index (χ3n) is 4.37. The quantitative estimate of drug-likeness (QED) is 0.703. The van der Waals surface area contributed by atoms with Crippen molar-refractivity contribution >= 4 is 5.91 Å². The summed E-state index contributed by atoms with van der Waals surface area (Å²) in [6.07, 6.45) is -3.17. The molecule has 0 aliphatic rings. The molecule has 0 aliphatic heterocycles. The first-order valence-electron chi connectivity index (χ1n) is 8.63. The molecule has 0 bridgehead atoms. The van der Waals surface area contributed by atoms with Gasteiger partial charge in [0, 0.05) is 6.20 Å². The summed E-state index contributed by atoms with van der Waals surface area (Å²) >= 11 is 0. The number of pyridine rings is 1. The van der Waals surface area contributed by atoms with Crippen molar-refractivity contribution in [3.8, 4) is 0 Å². The topological polar surface area (TPSA) is 90.0 Å². The van der Waals surface area contributed by atoms with Gasteiger partial charge in [-0.3, -0.25) is 9.59 Å². The number of alkyl halides is 3. The van der Waals surface area contributed by atoms with Crippen molar-refractivity contribution in [3.05, 3.63) is 81.4 Å². The highest BCUT2D eigenvalue weighted by Gasteiger charge is 2.38. The lowest BCUT2D eigenvalue weighted by Crippen LogP contribution is -2.35. The van der Waals surface area contributed by atoms with Crippen LogP contribution in [0, 0.1) is 6.92 Å². The van der Waals surface area contributed by atoms with Crippen molar-refractivity contribution in [2.75, 3.05) is 0 Å². The van der Waals surface area contributed by atoms with E-state index in [1.807, 2.05) is 37.3 Å². The number of nitrogens with one attached hydrogen (secondary N) is 1. The van der Waals surface area contributed by atoms with Gasteiger partial charge < -0.3 is 14.4 Å². The second-order valence-corrected chi connectivity index (χ2v) is 6.37. The number of carbonyl (C=O) groups is 1. The van der Waals surface area contributed by atoms with Crippen molar-refractivity contribution in [1.29, 1.82) is 0 Å². The summed E-state index contributed by atoms with van der Waals surface area (Å²) < 4.78 is 43.0. The van der Waals surface area contributed by atoms with E-state index in [-0.39, 0.29) is 17.4 Å². The largest absolute Gasteiger partial charge is 0.471 e. The number of halogens is 3. The highest BCUT2D eigenvalue weighted by atomic mass is 19.4. The average Bonchev–Trinajstić information content (AvgIpc) is 3.16. The fourth-order valence-corrected chi connectivity index (χ4v) is 2.80. The molecule has 0 saturated carbocycles. The molecule has 1 atom stereocenters. The zero-order valence-corrected chi connectivity index (χ0v) is 15.5. The number of benzene rings is 1. The second kappa shape index (κ2) is 7.90. The second-order valence-electron chi connectivity index (χ2n) is 6.37. The van der Waals surface area contributed by atoms with E-state index < -0.39 is 30.1 Å². The molecule has 29 heavy (non-hydrogen) atoms. The standard InChI is InChI=1S/C19H17F3N4O3/c1-11-8-9-26(12(2)13-6-4-3-5-7-13)17(28)15(11)16(27)23-10-14-24-18(29-25-14)19(20,21)22/h3-9,12H,10H2,1-2H3,(H,23,27). The van der Waals surface area contributed by atoms with E-state index in [1.165, 1.54) is 4.57 Å². The summed E-state index contributed by atoms with van der Waals surface area (Å²) in [6, 6.07) is 10.6. The van der Waals surface area contributed by atoms with E-state index in [4.69, 9.17) is 0 Å². The Morgan fingerprint density at radius 3 is 2.55 bits per heavy atom. The zero-order valence-electron chi connectivity index (χ0n) is 15.5. The van der Waals surface area contributed by atoms with Crippen LogP contribution in [-0.4, -0.2) is 20.6 Å². The van der Waals surface area contributed by atoms with E-state index in [0.29, 0.717) is 5.56 Å². The summed E-state index contributed by atoms with van der Waals surface area (Å²) in [7, 11) is 0. The molecule has 1 unspecified atom stereocenters. The Morgan fingerprint density at radius 1 is 1.24 bits per heavy atom. The number of rotatable bonds is 5. The lowest BCUT2D eigenvalue weighted by atomic mass is 10.1. The van der Waals surface area contributed by atoms with Gasteiger partial charge in [-0.25, -0.2) is 0 Å². The Morgan fingerprint density at radius 2 is 1.93 bits per heavy atom. The molecule has 1 aromatic carbocycles. The van der Waals surface area contributed by atoms with E-state index >= 15 is 0 Å². The molecule has 1 N–H and O–H groups in total. The molecule has 3 rings (SSSR count). The molecule has 152 valence electrons. The van der Waals surface area contributed by atoms with Crippen LogP contribution >= 0.6 is 0 Å². The molecule has 1 amide bonds. The van der Waals surface area contributed by atoms with Gasteiger partial charge in [0.05, 0.1) is 12.6 Å². The normalized spacial score (nSPS) is 12.6. The van der Waals surface area contributed by atoms with E-state index in [0.717, 1.165) is 5.56 Å². The smallest absolute Gasteiger partial charge is 0.344 e. The highest BCUT2D eigenvalue weighted by molar-refractivity contribution is 5.95. The van der Waals surface area contributed by atoms with Gasteiger partial charge in [0.15, 0.2) is 5.82 Å². The van der Waals surface area contributed by atoms with E-state index in [2.05, 4.69) is 20.0 Å². The monoisotopic (exact) mass is 406 g/mol. The first-order chi connectivity index (χ1) is 13.7. The lowest BCUT2D eigenvalue weighted by molar-refractivity contribution is -0.159. The molecule has 0 radical (unpaired) electrons. The van der Waals surface area contributed by atoms with Crippen molar-refractivity contribution in [1.82, 2.24) is 20.0 Å². The number of nitrogens with zero attached hydrogens (tertiary/aromatic N) is 3. The van der Waals surface area contributed by atoms with Crippen LogP contribution in [0.5, 0.6) is 0 Å². The molecular formula is C19H17F3N4O3. The molecule has 7 nitrogen and oxygen atoms in total. The van der Waals surface area contributed by atoms with Crippen LogP contribution in [0.2, 0.25) is 0 Å². The van der Waals surface area contributed by atoms with Crippen LogP contribution in [0.1, 0.15) is 46.2 Å². The molecule has 0 fully saturated rings. The average molecular weight is 406 g/mol. The van der Waals surface area contributed by atoms with Gasteiger partial charge >= 0.3 is 12.1 Å². The summed E-state index contributed by atoms with van der Waals surface area (Å²) in [6.45, 7) is 3.01.